The molecular weight excluding hydrogens is 244 g/mol. The maximum atomic E-state index is 12.1. The van der Waals surface area contributed by atoms with Crippen molar-refractivity contribution in [1.29, 1.82) is 0 Å². The van der Waals surface area contributed by atoms with Crippen LogP contribution in [0, 0.1) is 5.92 Å². The van der Waals surface area contributed by atoms with Crippen LogP contribution in [-0.2, 0) is 17.8 Å². The third-order valence-corrected chi connectivity index (χ3v) is 5.09. The van der Waals surface area contributed by atoms with Gasteiger partial charge in [0.25, 0.3) is 0 Å². The van der Waals surface area contributed by atoms with E-state index in [1.165, 1.54) is 23.3 Å². The fraction of sp³-hybridized carbons (Fsp3) is 0.643. The van der Waals surface area contributed by atoms with Crippen molar-refractivity contribution >= 4 is 17.2 Å². The first-order valence-corrected chi connectivity index (χ1v) is 7.68. The van der Waals surface area contributed by atoms with Gasteiger partial charge in [-0.05, 0) is 49.1 Å². The zero-order chi connectivity index (χ0) is 12.5. The van der Waals surface area contributed by atoms with E-state index in [1.807, 2.05) is 16.2 Å². The first-order chi connectivity index (χ1) is 8.74. The van der Waals surface area contributed by atoms with Crippen LogP contribution in [0.1, 0.15) is 30.2 Å². The maximum Gasteiger partial charge on any atom is 0.236 e. The lowest BCUT2D eigenvalue weighted by Crippen LogP contribution is -2.43. The predicted molar refractivity (Wildman–Crippen MR) is 73.6 cm³/mol. The fourth-order valence-corrected chi connectivity index (χ4v) is 3.47. The summed E-state index contributed by atoms with van der Waals surface area (Å²) in [4.78, 5) is 15.6. The van der Waals surface area contributed by atoms with Gasteiger partial charge in [-0.3, -0.25) is 4.79 Å². The number of carbonyl (C=O) groups is 1. The van der Waals surface area contributed by atoms with Gasteiger partial charge in [-0.2, -0.15) is 0 Å². The van der Waals surface area contributed by atoms with E-state index in [-0.39, 0.29) is 5.91 Å². The molecule has 0 aromatic carbocycles. The number of carbonyl (C=O) groups excluding carboxylic acids is 1. The number of amides is 1. The lowest BCUT2D eigenvalue weighted by molar-refractivity contribution is -0.131. The van der Waals surface area contributed by atoms with Gasteiger partial charge in [0.1, 0.15) is 0 Å². The van der Waals surface area contributed by atoms with Crippen LogP contribution in [-0.4, -0.2) is 29.9 Å². The van der Waals surface area contributed by atoms with E-state index in [0.717, 1.165) is 25.4 Å². The minimum atomic E-state index is 0.249. The zero-order valence-corrected chi connectivity index (χ0v) is 11.6. The Balaban J connectivity index is 1.51. The zero-order valence-electron chi connectivity index (χ0n) is 10.8. The molecule has 1 aromatic heterocycles. The van der Waals surface area contributed by atoms with Crippen LogP contribution in [0.4, 0.5) is 0 Å². The number of nitrogens with zero attached hydrogens (tertiary/aromatic N) is 1. The number of fused-ring (bicyclic) bond motifs is 1. The average Bonchev–Trinajstić information content (AvgIpc) is 3.13. The van der Waals surface area contributed by atoms with Crippen LogP contribution in [0.3, 0.4) is 0 Å². The molecule has 4 heteroatoms. The molecule has 0 spiro atoms. The SMILES string of the molecule is CC(NCC(=O)N1CCc2sccc2C1)C1CC1. The highest BCUT2D eigenvalue weighted by molar-refractivity contribution is 7.10. The lowest BCUT2D eigenvalue weighted by Gasteiger charge is -2.27. The summed E-state index contributed by atoms with van der Waals surface area (Å²) in [6.07, 6.45) is 3.67. The molecule has 18 heavy (non-hydrogen) atoms. The van der Waals surface area contributed by atoms with E-state index >= 15 is 0 Å². The van der Waals surface area contributed by atoms with Crippen molar-refractivity contribution < 1.29 is 4.79 Å². The third-order valence-electron chi connectivity index (χ3n) is 4.06. The molecule has 98 valence electrons. The molecule has 2 heterocycles. The summed E-state index contributed by atoms with van der Waals surface area (Å²) in [5, 5.41) is 5.50. The minimum absolute atomic E-state index is 0.249. The third kappa shape index (κ3) is 2.59. The van der Waals surface area contributed by atoms with Crippen molar-refractivity contribution in [2.24, 2.45) is 5.92 Å². The molecule has 3 nitrogen and oxygen atoms in total. The summed E-state index contributed by atoms with van der Waals surface area (Å²) in [5.74, 6) is 1.06. The highest BCUT2D eigenvalue weighted by atomic mass is 32.1. The van der Waals surface area contributed by atoms with Crippen LogP contribution in [0.2, 0.25) is 0 Å². The molecule has 0 radical (unpaired) electrons. The molecule has 0 saturated heterocycles. The van der Waals surface area contributed by atoms with Crippen molar-refractivity contribution in [3.8, 4) is 0 Å². The first kappa shape index (κ1) is 12.2. The molecule has 1 unspecified atom stereocenters. The smallest absolute Gasteiger partial charge is 0.236 e. The van der Waals surface area contributed by atoms with Crippen molar-refractivity contribution in [1.82, 2.24) is 10.2 Å². The van der Waals surface area contributed by atoms with E-state index < -0.39 is 0 Å². The molecule has 1 aromatic rings. The van der Waals surface area contributed by atoms with Gasteiger partial charge >= 0.3 is 0 Å². The molecule has 0 bridgehead atoms. The number of hydrogen-bond donors (Lipinski definition) is 1. The average molecular weight is 264 g/mol. The Bertz CT molecular complexity index is 439. The number of rotatable bonds is 4. The van der Waals surface area contributed by atoms with E-state index in [4.69, 9.17) is 0 Å². The Kier molecular flexibility index (Phi) is 3.39. The van der Waals surface area contributed by atoms with E-state index in [9.17, 15) is 4.79 Å². The maximum absolute atomic E-state index is 12.1. The number of thiophene rings is 1. The van der Waals surface area contributed by atoms with Crippen LogP contribution < -0.4 is 5.32 Å². The summed E-state index contributed by atoms with van der Waals surface area (Å²) in [6.45, 7) is 4.37. The summed E-state index contributed by atoms with van der Waals surface area (Å²) in [6, 6.07) is 2.65. The van der Waals surface area contributed by atoms with Gasteiger partial charge in [0.15, 0.2) is 0 Å². The van der Waals surface area contributed by atoms with E-state index in [1.54, 1.807) is 0 Å². The van der Waals surface area contributed by atoms with Gasteiger partial charge < -0.3 is 10.2 Å². The molecule has 1 N–H and O–H groups in total. The first-order valence-electron chi connectivity index (χ1n) is 6.80. The van der Waals surface area contributed by atoms with Gasteiger partial charge in [0.2, 0.25) is 5.91 Å². The lowest BCUT2D eigenvalue weighted by atomic mass is 10.1. The van der Waals surface area contributed by atoms with Crippen molar-refractivity contribution in [3.05, 3.63) is 21.9 Å². The fourth-order valence-electron chi connectivity index (χ4n) is 2.58. The van der Waals surface area contributed by atoms with Gasteiger partial charge in [0, 0.05) is 24.0 Å². The summed E-state index contributed by atoms with van der Waals surface area (Å²) in [5.41, 5.74) is 1.34. The van der Waals surface area contributed by atoms with Crippen molar-refractivity contribution in [3.63, 3.8) is 0 Å². The van der Waals surface area contributed by atoms with Crippen molar-refractivity contribution in [2.45, 2.75) is 38.8 Å². The van der Waals surface area contributed by atoms with Gasteiger partial charge in [-0.25, -0.2) is 0 Å². The van der Waals surface area contributed by atoms with Gasteiger partial charge in [-0.15, -0.1) is 11.3 Å². The Morgan fingerprint density at radius 2 is 2.44 bits per heavy atom. The molecule has 3 rings (SSSR count). The Hall–Kier alpha value is -0.870. The molecule has 1 atom stereocenters. The highest BCUT2D eigenvalue weighted by Gasteiger charge is 2.28. The Labute approximate surface area is 112 Å². The van der Waals surface area contributed by atoms with Gasteiger partial charge in [0.05, 0.1) is 6.54 Å². The van der Waals surface area contributed by atoms with Gasteiger partial charge in [-0.1, -0.05) is 0 Å². The van der Waals surface area contributed by atoms with Crippen LogP contribution in [0.15, 0.2) is 11.4 Å². The largest absolute Gasteiger partial charge is 0.337 e. The summed E-state index contributed by atoms with van der Waals surface area (Å²) in [7, 11) is 0. The molecule has 2 aliphatic rings. The molecule has 1 fully saturated rings. The Morgan fingerprint density at radius 3 is 3.22 bits per heavy atom. The quantitative estimate of drug-likeness (QED) is 0.902. The van der Waals surface area contributed by atoms with Crippen molar-refractivity contribution in [2.75, 3.05) is 13.1 Å². The number of nitrogens with one attached hydrogen (secondary N) is 1. The molecule has 1 saturated carbocycles. The Morgan fingerprint density at radius 1 is 1.61 bits per heavy atom. The van der Waals surface area contributed by atoms with Crippen LogP contribution >= 0.6 is 11.3 Å². The topological polar surface area (TPSA) is 32.3 Å². The second-order valence-corrected chi connectivity index (χ2v) is 6.44. The molecule has 1 aliphatic heterocycles. The summed E-state index contributed by atoms with van der Waals surface area (Å²) < 4.78 is 0. The summed E-state index contributed by atoms with van der Waals surface area (Å²) >= 11 is 1.82. The van der Waals surface area contributed by atoms with E-state index in [0.29, 0.717) is 12.6 Å². The number of hydrogen-bond acceptors (Lipinski definition) is 3. The normalized spacial score (nSPS) is 20.6. The molecular formula is C14H20N2OS. The van der Waals surface area contributed by atoms with Crippen LogP contribution in [0.5, 0.6) is 0 Å². The standard InChI is InChI=1S/C14H20N2OS/c1-10(11-2-3-11)15-8-14(17)16-6-4-13-12(9-16)5-7-18-13/h5,7,10-11,15H,2-4,6,8-9H2,1H3. The second-order valence-electron chi connectivity index (χ2n) is 5.44. The van der Waals surface area contributed by atoms with E-state index in [2.05, 4.69) is 23.7 Å². The molecule has 1 amide bonds. The predicted octanol–water partition coefficient (Wildman–Crippen LogP) is 2.02. The second kappa shape index (κ2) is 5.02. The minimum Gasteiger partial charge on any atom is -0.337 e. The van der Waals surface area contributed by atoms with Crippen LogP contribution in [0.25, 0.3) is 0 Å². The monoisotopic (exact) mass is 264 g/mol. The highest BCUT2D eigenvalue weighted by Crippen LogP contribution is 2.32. The molecule has 1 aliphatic carbocycles.